The van der Waals surface area contributed by atoms with Gasteiger partial charge in [0.2, 0.25) is 5.91 Å². The molecule has 0 atom stereocenters. The van der Waals surface area contributed by atoms with Crippen LogP contribution in [-0.2, 0) is 22.2 Å². The number of nitrogens with one attached hydrogen (secondary N) is 1. The van der Waals surface area contributed by atoms with Crippen molar-refractivity contribution in [2.24, 2.45) is 0 Å². The van der Waals surface area contributed by atoms with Crippen molar-refractivity contribution >= 4 is 27.8 Å². The van der Waals surface area contributed by atoms with Crippen molar-refractivity contribution < 1.29 is 27.5 Å². The lowest BCUT2D eigenvalue weighted by atomic mass is 10.1. The molecule has 4 nitrogen and oxygen atoms in total. The molecule has 0 radical (unpaired) electrons. The van der Waals surface area contributed by atoms with Gasteiger partial charge in [-0.1, -0.05) is 15.9 Å². The van der Waals surface area contributed by atoms with E-state index in [9.17, 15) is 22.8 Å². The first kappa shape index (κ1) is 17.5. The molecule has 0 unspecified atom stereocenters. The summed E-state index contributed by atoms with van der Waals surface area (Å²) in [6.07, 6.45) is -4.37. The maximum absolute atomic E-state index is 12.7. The SMILES string of the molecule is CC(=O)NCCc1cc(C(F)(F)F)ccc1OC(=O)CBr. The van der Waals surface area contributed by atoms with Gasteiger partial charge in [0.05, 0.1) is 5.56 Å². The molecule has 1 aromatic carbocycles. The van der Waals surface area contributed by atoms with Crippen LogP contribution in [0.2, 0.25) is 0 Å². The Hall–Kier alpha value is -1.57. The fraction of sp³-hybridized carbons (Fsp3) is 0.385. The fourth-order valence-electron chi connectivity index (χ4n) is 1.57. The summed E-state index contributed by atoms with van der Waals surface area (Å²) in [7, 11) is 0. The zero-order valence-corrected chi connectivity index (χ0v) is 12.7. The topological polar surface area (TPSA) is 55.4 Å². The van der Waals surface area contributed by atoms with E-state index in [-0.39, 0.29) is 35.5 Å². The van der Waals surface area contributed by atoms with Gasteiger partial charge >= 0.3 is 12.1 Å². The lowest BCUT2D eigenvalue weighted by Crippen LogP contribution is -2.23. The number of carbonyl (C=O) groups is 2. The molecule has 116 valence electrons. The van der Waals surface area contributed by atoms with Crippen molar-refractivity contribution in [3.8, 4) is 5.75 Å². The van der Waals surface area contributed by atoms with Crippen LogP contribution in [0.1, 0.15) is 18.1 Å². The second-order valence-electron chi connectivity index (χ2n) is 4.16. The Kier molecular flexibility index (Phi) is 6.19. The molecule has 0 fully saturated rings. The van der Waals surface area contributed by atoms with Crippen LogP contribution in [0.3, 0.4) is 0 Å². The van der Waals surface area contributed by atoms with Gasteiger partial charge in [-0.3, -0.25) is 9.59 Å². The number of alkyl halides is 4. The zero-order chi connectivity index (χ0) is 16.0. The predicted octanol–water partition coefficient (Wildman–Crippen LogP) is 2.68. The molecule has 0 aromatic heterocycles. The molecule has 0 heterocycles. The summed E-state index contributed by atoms with van der Waals surface area (Å²) in [4.78, 5) is 22.0. The minimum absolute atomic E-state index is 0.0535. The van der Waals surface area contributed by atoms with Crippen LogP contribution in [0.4, 0.5) is 13.2 Å². The highest BCUT2D eigenvalue weighted by Gasteiger charge is 2.31. The van der Waals surface area contributed by atoms with Crippen LogP contribution in [0.25, 0.3) is 0 Å². The molecule has 0 aliphatic rings. The molecule has 1 amide bonds. The molecule has 0 aliphatic heterocycles. The number of benzene rings is 1. The Labute approximate surface area is 127 Å². The van der Waals surface area contributed by atoms with Crippen molar-refractivity contribution in [2.75, 3.05) is 11.9 Å². The molecular formula is C13H13BrF3NO3. The Balaban J connectivity index is 3.00. The Morgan fingerprint density at radius 1 is 1.33 bits per heavy atom. The van der Waals surface area contributed by atoms with E-state index in [1.54, 1.807) is 0 Å². The third kappa shape index (κ3) is 5.74. The summed E-state index contributed by atoms with van der Waals surface area (Å²) in [5, 5.41) is 2.41. The normalized spacial score (nSPS) is 11.1. The van der Waals surface area contributed by atoms with Crippen LogP contribution in [0.15, 0.2) is 18.2 Å². The van der Waals surface area contributed by atoms with Crippen molar-refractivity contribution in [3.63, 3.8) is 0 Å². The lowest BCUT2D eigenvalue weighted by molar-refractivity contribution is -0.137. The molecule has 0 spiro atoms. The van der Waals surface area contributed by atoms with Crippen molar-refractivity contribution in [1.82, 2.24) is 5.32 Å². The summed E-state index contributed by atoms with van der Waals surface area (Å²) in [5.74, 6) is -0.852. The number of hydrogen-bond donors (Lipinski definition) is 1. The second-order valence-corrected chi connectivity index (χ2v) is 4.72. The molecule has 1 N–H and O–H groups in total. The first-order valence-electron chi connectivity index (χ1n) is 5.95. The van der Waals surface area contributed by atoms with E-state index in [4.69, 9.17) is 4.74 Å². The maximum Gasteiger partial charge on any atom is 0.416 e. The van der Waals surface area contributed by atoms with E-state index < -0.39 is 17.7 Å². The molecule has 0 aliphatic carbocycles. The van der Waals surface area contributed by atoms with Gasteiger partial charge in [-0.25, -0.2) is 0 Å². The van der Waals surface area contributed by atoms with Gasteiger partial charge in [0.15, 0.2) is 0 Å². The molecule has 0 bridgehead atoms. The summed E-state index contributed by atoms with van der Waals surface area (Å²) in [5.41, 5.74) is -0.633. The van der Waals surface area contributed by atoms with E-state index >= 15 is 0 Å². The van der Waals surface area contributed by atoms with E-state index in [0.717, 1.165) is 18.2 Å². The highest BCUT2D eigenvalue weighted by Crippen LogP contribution is 2.32. The standard InChI is InChI=1S/C13H13BrF3NO3/c1-8(19)18-5-4-9-6-10(13(15,16)17)2-3-11(9)21-12(20)7-14/h2-3,6H,4-5,7H2,1H3,(H,18,19). The molecule has 0 saturated carbocycles. The Morgan fingerprint density at radius 2 is 2.00 bits per heavy atom. The van der Waals surface area contributed by atoms with Crippen LogP contribution in [-0.4, -0.2) is 23.8 Å². The van der Waals surface area contributed by atoms with Crippen molar-refractivity contribution in [3.05, 3.63) is 29.3 Å². The number of rotatable bonds is 5. The smallest absolute Gasteiger partial charge is 0.416 e. The zero-order valence-electron chi connectivity index (χ0n) is 11.1. The molecular weight excluding hydrogens is 355 g/mol. The largest absolute Gasteiger partial charge is 0.426 e. The minimum Gasteiger partial charge on any atom is -0.426 e. The number of amides is 1. The highest BCUT2D eigenvalue weighted by molar-refractivity contribution is 9.09. The van der Waals surface area contributed by atoms with Crippen LogP contribution in [0, 0.1) is 0 Å². The summed E-state index contributed by atoms with van der Waals surface area (Å²) >= 11 is 2.90. The third-order valence-corrected chi connectivity index (χ3v) is 2.95. The molecule has 21 heavy (non-hydrogen) atoms. The third-order valence-electron chi connectivity index (χ3n) is 2.49. The van der Waals surface area contributed by atoms with Gasteiger partial charge in [-0.15, -0.1) is 0 Å². The van der Waals surface area contributed by atoms with Crippen LogP contribution in [0.5, 0.6) is 5.75 Å². The Bertz CT molecular complexity index is 532. The van der Waals surface area contributed by atoms with Gasteiger partial charge < -0.3 is 10.1 Å². The average molecular weight is 368 g/mol. The van der Waals surface area contributed by atoms with Crippen molar-refractivity contribution in [1.29, 1.82) is 0 Å². The average Bonchev–Trinajstić information content (AvgIpc) is 2.38. The Morgan fingerprint density at radius 3 is 2.52 bits per heavy atom. The van der Waals surface area contributed by atoms with Gasteiger partial charge in [-0.05, 0) is 30.2 Å². The minimum atomic E-state index is -4.49. The first-order valence-corrected chi connectivity index (χ1v) is 7.07. The number of ether oxygens (including phenoxy) is 1. The predicted molar refractivity (Wildman–Crippen MR) is 73.3 cm³/mol. The number of hydrogen-bond acceptors (Lipinski definition) is 3. The van der Waals surface area contributed by atoms with Crippen molar-refractivity contribution in [2.45, 2.75) is 19.5 Å². The number of carbonyl (C=O) groups excluding carboxylic acids is 2. The number of esters is 1. The fourth-order valence-corrected chi connectivity index (χ4v) is 1.69. The maximum atomic E-state index is 12.7. The number of halogens is 4. The van der Waals surface area contributed by atoms with Crippen LogP contribution < -0.4 is 10.1 Å². The van der Waals surface area contributed by atoms with Gasteiger partial charge in [0.25, 0.3) is 0 Å². The molecule has 1 rings (SSSR count). The lowest BCUT2D eigenvalue weighted by Gasteiger charge is -2.13. The van der Waals surface area contributed by atoms with Gasteiger partial charge in [0, 0.05) is 13.5 Å². The summed E-state index contributed by atoms with van der Waals surface area (Å²) < 4.78 is 43.0. The second kappa shape index (κ2) is 7.44. The van der Waals surface area contributed by atoms with E-state index in [1.165, 1.54) is 6.92 Å². The van der Waals surface area contributed by atoms with Gasteiger partial charge in [-0.2, -0.15) is 13.2 Å². The first-order chi connectivity index (χ1) is 9.74. The van der Waals surface area contributed by atoms with Crippen LogP contribution >= 0.6 is 15.9 Å². The van der Waals surface area contributed by atoms with Gasteiger partial charge in [0.1, 0.15) is 11.1 Å². The quantitative estimate of drug-likeness (QED) is 0.494. The van der Waals surface area contributed by atoms with E-state index in [1.807, 2.05) is 0 Å². The summed E-state index contributed by atoms with van der Waals surface area (Å²) in [6, 6.07) is 2.86. The van der Waals surface area contributed by atoms with E-state index in [0.29, 0.717) is 0 Å². The molecule has 8 heteroatoms. The van der Waals surface area contributed by atoms with E-state index in [2.05, 4.69) is 21.2 Å². The highest BCUT2D eigenvalue weighted by atomic mass is 79.9. The monoisotopic (exact) mass is 367 g/mol. The summed E-state index contributed by atoms with van der Waals surface area (Å²) in [6.45, 7) is 1.45. The molecule has 1 aromatic rings. The molecule has 0 saturated heterocycles.